The van der Waals surface area contributed by atoms with Gasteiger partial charge < -0.3 is 14.1 Å². The number of rotatable bonds is 3. The number of benzene rings is 1. The largest absolute Gasteiger partial charge is 0.452 e. The standard InChI is InChI=1S/C17H17NO3/c19-17(18-10-12-20-13-11-18)16-9-8-15(21-16)7-6-14-4-2-1-3-5-14/h1-9H,10-13H2/b7-6+. The van der Waals surface area contributed by atoms with Gasteiger partial charge in [0.05, 0.1) is 13.2 Å². The quantitative estimate of drug-likeness (QED) is 0.870. The number of carbonyl (C=O) groups is 1. The lowest BCUT2D eigenvalue weighted by molar-refractivity contribution is 0.0282. The first-order valence-corrected chi connectivity index (χ1v) is 7.03. The van der Waals surface area contributed by atoms with Gasteiger partial charge in [-0.25, -0.2) is 0 Å². The molecule has 0 bridgehead atoms. The van der Waals surface area contributed by atoms with Crippen LogP contribution in [-0.4, -0.2) is 37.1 Å². The van der Waals surface area contributed by atoms with Gasteiger partial charge in [0, 0.05) is 13.1 Å². The summed E-state index contributed by atoms with van der Waals surface area (Å²) in [4.78, 5) is 14.0. The molecule has 3 rings (SSSR count). The first-order valence-electron chi connectivity index (χ1n) is 7.03. The maximum Gasteiger partial charge on any atom is 0.289 e. The molecule has 4 nitrogen and oxygen atoms in total. The second-order valence-electron chi connectivity index (χ2n) is 4.85. The Bertz CT molecular complexity index is 624. The van der Waals surface area contributed by atoms with Gasteiger partial charge in [0.1, 0.15) is 5.76 Å². The Labute approximate surface area is 123 Å². The Morgan fingerprint density at radius 1 is 1.00 bits per heavy atom. The zero-order chi connectivity index (χ0) is 14.5. The first kappa shape index (κ1) is 13.6. The van der Waals surface area contributed by atoms with Gasteiger partial charge in [-0.1, -0.05) is 36.4 Å². The Morgan fingerprint density at radius 3 is 2.52 bits per heavy atom. The summed E-state index contributed by atoms with van der Waals surface area (Å²) in [5.41, 5.74) is 1.09. The summed E-state index contributed by atoms with van der Waals surface area (Å²) in [6.07, 6.45) is 3.83. The number of amides is 1. The van der Waals surface area contributed by atoms with E-state index in [1.165, 1.54) is 0 Å². The Balaban J connectivity index is 1.68. The van der Waals surface area contributed by atoms with Crippen LogP contribution >= 0.6 is 0 Å². The number of furan rings is 1. The van der Waals surface area contributed by atoms with Crippen molar-refractivity contribution in [1.82, 2.24) is 4.90 Å². The summed E-state index contributed by atoms with van der Waals surface area (Å²) in [5, 5.41) is 0. The van der Waals surface area contributed by atoms with Crippen LogP contribution in [0.2, 0.25) is 0 Å². The number of morpholine rings is 1. The molecule has 2 heterocycles. The molecule has 4 heteroatoms. The van der Waals surface area contributed by atoms with Gasteiger partial charge in [0.2, 0.25) is 0 Å². The van der Waals surface area contributed by atoms with Crippen molar-refractivity contribution in [3.05, 3.63) is 59.5 Å². The van der Waals surface area contributed by atoms with Crippen molar-refractivity contribution in [2.45, 2.75) is 0 Å². The van der Waals surface area contributed by atoms with Crippen LogP contribution in [0, 0.1) is 0 Å². The molecule has 1 aromatic carbocycles. The first-order chi connectivity index (χ1) is 10.3. The average Bonchev–Trinajstić information content (AvgIpc) is 3.03. The van der Waals surface area contributed by atoms with Gasteiger partial charge in [-0.3, -0.25) is 4.79 Å². The number of ether oxygens (including phenoxy) is 1. The summed E-state index contributed by atoms with van der Waals surface area (Å²) >= 11 is 0. The highest BCUT2D eigenvalue weighted by molar-refractivity contribution is 5.92. The highest BCUT2D eigenvalue weighted by Crippen LogP contribution is 2.14. The lowest BCUT2D eigenvalue weighted by Crippen LogP contribution is -2.40. The molecule has 1 amide bonds. The minimum atomic E-state index is -0.0716. The van der Waals surface area contributed by atoms with Gasteiger partial charge in [-0.15, -0.1) is 0 Å². The van der Waals surface area contributed by atoms with Gasteiger partial charge in [0.25, 0.3) is 5.91 Å². The fourth-order valence-corrected chi connectivity index (χ4v) is 2.22. The smallest absolute Gasteiger partial charge is 0.289 e. The maximum absolute atomic E-state index is 12.2. The minimum Gasteiger partial charge on any atom is -0.452 e. The van der Waals surface area contributed by atoms with Crippen LogP contribution in [0.15, 0.2) is 46.9 Å². The van der Waals surface area contributed by atoms with Crippen LogP contribution in [-0.2, 0) is 4.74 Å². The molecule has 2 aromatic rings. The molecule has 0 N–H and O–H groups in total. The van der Waals surface area contributed by atoms with Crippen LogP contribution < -0.4 is 0 Å². The summed E-state index contributed by atoms with van der Waals surface area (Å²) in [7, 11) is 0. The second kappa shape index (κ2) is 6.41. The van der Waals surface area contributed by atoms with Gasteiger partial charge in [0.15, 0.2) is 5.76 Å². The molecular formula is C17H17NO3. The van der Waals surface area contributed by atoms with Crippen LogP contribution in [0.1, 0.15) is 21.9 Å². The van der Waals surface area contributed by atoms with E-state index >= 15 is 0 Å². The number of hydrogen-bond donors (Lipinski definition) is 0. The van der Waals surface area contributed by atoms with Crippen molar-refractivity contribution >= 4 is 18.1 Å². The van der Waals surface area contributed by atoms with E-state index in [0.29, 0.717) is 37.8 Å². The Kier molecular flexibility index (Phi) is 4.17. The molecule has 0 saturated carbocycles. The van der Waals surface area contributed by atoms with Crippen LogP contribution in [0.5, 0.6) is 0 Å². The Morgan fingerprint density at radius 2 is 1.76 bits per heavy atom. The molecule has 21 heavy (non-hydrogen) atoms. The predicted octanol–water partition coefficient (Wildman–Crippen LogP) is 2.92. The number of hydrogen-bond acceptors (Lipinski definition) is 3. The van der Waals surface area contributed by atoms with E-state index in [1.807, 2.05) is 48.6 Å². The van der Waals surface area contributed by atoms with E-state index in [-0.39, 0.29) is 5.91 Å². The zero-order valence-corrected chi connectivity index (χ0v) is 11.7. The molecule has 0 atom stereocenters. The van der Waals surface area contributed by atoms with Crippen molar-refractivity contribution in [2.24, 2.45) is 0 Å². The van der Waals surface area contributed by atoms with Gasteiger partial charge >= 0.3 is 0 Å². The number of nitrogens with zero attached hydrogens (tertiary/aromatic N) is 1. The fourth-order valence-electron chi connectivity index (χ4n) is 2.22. The van der Waals surface area contributed by atoms with Crippen molar-refractivity contribution < 1.29 is 13.9 Å². The van der Waals surface area contributed by atoms with Crippen molar-refractivity contribution in [3.8, 4) is 0 Å². The molecule has 1 aliphatic heterocycles. The molecule has 0 radical (unpaired) electrons. The third-order valence-corrected chi connectivity index (χ3v) is 3.38. The van der Waals surface area contributed by atoms with Crippen LogP contribution in [0.3, 0.4) is 0 Å². The second-order valence-corrected chi connectivity index (χ2v) is 4.85. The minimum absolute atomic E-state index is 0.0716. The highest BCUT2D eigenvalue weighted by Gasteiger charge is 2.20. The molecule has 0 spiro atoms. The van der Waals surface area contributed by atoms with E-state index < -0.39 is 0 Å². The van der Waals surface area contributed by atoms with E-state index in [1.54, 1.807) is 11.0 Å². The van der Waals surface area contributed by atoms with Crippen LogP contribution in [0.25, 0.3) is 12.2 Å². The molecule has 108 valence electrons. The summed E-state index contributed by atoms with van der Waals surface area (Å²) in [6.45, 7) is 2.42. The monoisotopic (exact) mass is 283 g/mol. The van der Waals surface area contributed by atoms with Gasteiger partial charge in [-0.05, 0) is 23.8 Å². The normalized spacial score (nSPS) is 15.5. The lowest BCUT2D eigenvalue weighted by Gasteiger charge is -2.25. The van der Waals surface area contributed by atoms with E-state index in [0.717, 1.165) is 5.56 Å². The molecular weight excluding hydrogens is 266 g/mol. The van der Waals surface area contributed by atoms with E-state index in [4.69, 9.17) is 9.15 Å². The van der Waals surface area contributed by atoms with Crippen LogP contribution in [0.4, 0.5) is 0 Å². The third-order valence-electron chi connectivity index (χ3n) is 3.38. The topological polar surface area (TPSA) is 42.7 Å². The average molecular weight is 283 g/mol. The molecule has 0 unspecified atom stereocenters. The van der Waals surface area contributed by atoms with Crippen molar-refractivity contribution in [3.63, 3.8) is 0 Å². The molecule has 1 aromatic heterocycles. The lowest BCUT2D eigenvalue weighted by atomic mass is 10.2. The van der Waals surface area contributed by atoms with Crippen molar-refractivity contribution in [2.75, 3.05) is 26.3 Å². The van der Waals surface area contributed by atoms with Crippen molar-refractivity contribution in [1.29, 1.82) is 0 Å². The zero-order valence-electron chi connectivity index (χ0n) is 11.7. The third kappa shape index (κ3) is 3.41. The molecule has 0 aliphatic carbocycles. The molecule has 1 saturated heterocycles. The number of carbonyl (C=O) groups excluding carboxylic acids is 1. The summed E-state index contributed by atoms with van der Waals surface area (Å²) in [5.74, 6) is 0.984. The fraction of sp³-hybridized carbons (Fsp3) is 0.235. The highest BCUT2D eigenvalue weighted by atomic mass is 16.5. The summed E-state index contributed by atoms with van der Waals surface area (Å²) in [6, 6.07) is 13.5. The predicted molar refractivity (Wildman–Crippen MR) is 80.8 cm³/mol. The van der Waals surface area contributed by atoms with E-state index in [9.17, 15) is 4.79 Å². The Hall–Kier alpha value is -2.33. The molecule has 1 fully saturated rings. The van der Waals surface area contributed by atoms with E-state index in [2.05, 4.69) is 0 Å². The SMILES string of the molecule is O=C(c1ccc(/C=C/c2ccccc2)o1)N1CCOCC1. The molecule has 1 aliphatic rings. The summed E-state index contributed by atoms with van der Waals surface area (Å²) < 4.78 is 10.8. The maximum atomic E-state index is 12.2. The van der Waals surface area contributed by atoms with Gasteiger partial charge in [-0.2, -0.15) is 0 Å².